The molecular formula is C11H21NO4. The predicted molar refractivity (Wildman–Crippen MR) is 60.9 cm³/mol. The Hall–Kier alpha value is -1.36. The van der Waals surface area contributed by atoms with Crippen molar-refractivity contribution in [1.82, 2.24) is 0 Å². The van der Waals surface area contributed by atoms with Crippen LogP contribution in [0, 0.1) is 6.08 Å². The zero-order chi connectivity index (χ0) is 13.4. The number of aliphatic carboxylic acids is 2. The number of nitrogens with zero attached hydrogens (tertiary/aromatic N) is 1. The van der Waals surface area contributed by atoms with E-state index in [1.807, 2.05) is 28.1 Å². The van der Waals surface area contributed by atoms with Crippen molar-refractivity contribution in [1.29, 1.82) is 0 Å². The van der Waals surface area contributed by atoms with Crippen molar-refractivity contribution in [3.8, 4) is 0 Å². The third-order valence-electron chi connectivity index (χ3n) is 1.37. The van der Waals surface area contributed by atoms with Crippen molar-refractivity contribution < 1.29 is 24.3 Å². The Morgan fingerprint density at radius 3 is 1.69 bits per heavy atom. The first-order valence-electron chi connectivity index (χ1n) is 4.93. The van der Waals surface area contributed by atoms with E-state index in [0.29, 0.717) is 16.5 Å². The summed E-state index contributed by atoms with van der Waals surface area (Å²) in [5.74, 6) is -1.63. The number of likely N-dealkylation sites (N-methyl/N-ethyl adjacent to an activating group) is 1. The molecule has 0 aromatic rings. The molecule has 16 heavy (non-hydrogen) atoms. The molecule has 0 aliphatic carbocycles. The van der Waals surface area contributed by atoms with Crippen molar-refractivity contribution >= 4 is 11.9 Å². The van der Waals surface area contributed by atoms with Crippen molar-refractivity contribution in [3.63, 3.8) is 0 Å². The molecular weight excluding hydrogens is 210 g/mol. The van der Waals surface area contributed by atoms with E-state index in [9.17, 15) is 9.59 Å². The lowest BCUT2D eigenvalue weighted by Crippen LogP contribution is -2.39. The second-order valence-electron chi connectivity index (χ2n) is 4.30. The van der Waals surface area contributed by atoms with E-state index in [4.69, 9.17) is 10.2 Å². The molecule has 0 bridgehead atoms. The smallest absolute Gasteiger partial charge is 0.359 e. The number of hydrogen-bond donors (Lipinski definition) is 2. The number of hydrogen-bond acceptors (Lipinski definition) is 2. The summed E-state index contributed by atoms with van der Waals surface area (Å²) in [6.45, 7) is 3.57. The third kappa shape index (κ3) is 15.1. The van der Waals surface area contributed by atoms with E-state index >= 15 is 0 Å². The van der Waals surface area contributed by atoms with Crippen molar-refractivity contribution in [2.24, 2.45) is 0 Å². The fraction of sp³-hybridized carbons (Fsp3) is 0.636. The van der Waals surface area contributed by atoms with Crippen LogP contribution >= 0.6 is 0 Å². The summed E-state index contributed by atoms with van der Waals surface area (Å²) < 4.78 is 0.481. The fourth-order valence-electron chi connectivity index (χ4n) is 0.747. The Bertz CT molecular complexity index is 264. The molecule has 0 spiro atoms. The largest absolute Gasteiger partial charge is 0.562 e. The summed E-state index contributed by atoms with van der Waals surface area (Å²) in [6, 6.07) is 0. The van der Waals surface area contributed by atoms with Gasteiger partial charge in [-0.05, 0) is 0 Å². The maximum absolute atomic E-state index is 10.00. The van der Waals surface area contributed by atoms with Crippen LogP contribution in [-0.4, -0.2) is 54.3 Å². The standard InChI is InChI=1S/C6H9O2.C5H11NO2/c1-3-4-5(2)6(7)8;1-6(2,3)4-5(7)8/h3H2,1-2H3,(H,7,8);4H2,1-3H3/q-1;/p+1. The highest BCUT2D eigenvalue weighted by atomic mass is 16.4. The first kappa shape index (κ1) is 17.0. The van der Waals surface area contributed by atoms with Gasteiger partial charge >= 0.3 is 5.97 Å². The van der Waals surface area contributed by atoms with Crippen LogP contribution in [0.15, 0.2) is 5.57 Å². The summed E-state index contributed by atoms with van der Waals surface area (Å²) in [6.07, 6.45) is 3.33. The second-order valence-corrected chi connectivity index (χ2v) is 4.30. The maximum Gasteiger partial charge on any atom is 0.359 e. The molecule has 94 valence electrons. The maximum atomic E-state index is 10.00. The minimum atomic E-state index is -0.883. The molecule has 0 heterocycles. The molecule has 2 N–H and O–H groups in total. The van der Waals surface area contributed by atoms with Crippen molar-refractivity contribution in [2.75, 3.05) is 27.7 Å². The van der Waals surface area contributed by atoms with Gasteiger partial charge in [0.2, 0.25) is 0 Å². The molecule has 0 saturated carbocycles. The SMILES string of the molecule is CC[C-]=C(C)C(=O)O.C[N+](C)(C)CC(=O)O. The molecule has 0 amide bonds. The van der Waals surface area contributed by atoms with E-state index in [2.05, 4.69) is 6.08 Å². The highest BCUT2D eigenvalue weighted by Crippen LogP contribution is 1.91. The Balaban J connectivity index is 0. The molecule has 0 radical (unpaired) electrons. The van der Waals surface area contributed by atoms with Crippen LogP contribution in [-0.2, 0) is 9.59 Å². The van der Waals surface area contributed by atoms with Gasteiger partial charge in [-0.3, -0.25) is 6.08 Å². The number of carbonyl (C=O) groups is 2. The van der Waals surface area contributed by atoms with Gasteiger partial charge in [-0.15, -0.1) is 12.0 Å². The monoisotopic (exact) mass is 231 g/mol. The van der Waals surface area contributed by atoms with Crippen LogP contribution in [0.2, 0.25) is 0 Å². The van der Waals surface area contributed by atoms with E-state index in [-0.39, 0.29) is 6.54 Å². The molecule has 0 atom stereocenters. The lowest BCUT2D eigenvalue weighted by Gasteiger charge is -2.20. The number of carboxylic acid groups (broad SMARTS) is 2. The molecule has 0 unspecified atom stereocenters. The summed E-state index contributed by atoms with van der Waals surface area (Å²) >= 11 is 0. The van der Waals surface area contributed by atoms with Gasteiger partial charge in [0.05, 0.1) is 21.1 Å². The molecule has 0 aliphatic heterocycles. The Morgan fingerprint density at radius 2 is 1.62 bits per heavy atom. The molecule has 0 fully saturated rings. The van der Waals surface area contributed by atoms with Crippen LogP contribution in [0.3, 0.4) is 0 Å². The molecule has 0 aromatic carbocycles. The van der Waals surface area contributed by atoms with E-state index < -0.39 is 11.9 Å². The van der Waals surface area contributed by atoms with Gasteiger partial charge in [0.25, 0.3) is 0 Å². The highest BCUT2D eigenvalue weighted by Gasteiger charge is 2.11. The van der Waals surface area contributed by atoms with Gasteiger partial charge in [-0.25, -0.2) is 4.79 Å². The predicted octanol–water partition coefficient (Wildman–Crippen LogP) is 1.01. The lowest BCUT2D eigenvalue weighted by atomic mass is 10.2. The van der Waals surface area contributed by atoms with Crippen molar-refractivity contribution in [2.45, 2.75) is 20.3 Å². The fourth-order valence-corrected chi connectivity index (χ4v) is 0.747. The molecule has 0 aromatic heterocycles. The zero-order valence-corrected chi connectivity index (χ0v) is 10.6. The summed E-state index contributed by atoms with van der Waals surface area (Å²) in [4.78, 5) is 20.0. The number of quaternary nitrogens is 1. The Kier molecular flexibility index (Phi) is 8.39. The van der Waals surface area contributed by atoms with E-state index in [1.54, 1.807) is 0 Å². The minimum Gasteiger partial charge on any atom is -0.562 e. The average molecular weight is 231 g/mol. The van der Waals surface area contributed by atoms with E-state index in [1.165, 1.54) is 6.92 Å². The van der Waals surface area contributed by atoms with Crippen LogP contribution in [0.25, 0.3) is 0 Å². The first-order chi connectivity index (χ1) is 7.10. The van der Waals surface area contributed by atoms with Crippen LogP contribution in [0.1, 0.15) is 20.3 Å². The van der Waals surface area contributed by atoms with Crippen LogP contribution in [0.5, 0.6) is 0 Å². The van der Waals surface area contributed by atoms with Crippen LogP contribution < -0.4 is 0 Å². The minimum absolute atomic E-state index is 0.181. The number of rotatable bonds is 4. The second kappa shape index (κ2) is 7.87. The zero-order valence-electron chi connectivity index (χ0n) is 10.6. The molecule has 0 aliphatic rings. The summed E-state index contributed by atoms with van der Waals surface area (Å²) in [7, 11) is 5.52. The van der Waals surface area contributed by atoms with Crippen LogP contribution in [0.4, 0.5) is 0 Å². The van der Waals surface area contributed by atoms with Crippen molar-refractivity contribution in [3.05, 3.63) is 11.6 Å². The number of carboxylic acids is 2. The van der Waals surface area contributed by atoms with Gasteiger partial charge in [-0.2, -0.15) is 0 Å². The summed E-state index contributed by atoms with van der Waals surface area (Å²) in [5, 5.41) is 16.4. The molecule has 5 nitrogen and oxygen atoms in total. The van der Waals surface area contributed by atoms with Gasteiger partial charge in [0.15, 0.2) is 12.5 Å². The Morgan fingerprint density at radius 1 is 1.19 bits per heavy atom. The first-order valence-corrected chi connectivity index (χ1v) is 4.93. The normalized spacial score (nSPS) is 11.4. The lowest BCUT2D eigenvalue weighted by molar-refractivity contribution is -0.862. The number of allylic oxidation sites excluding steroid dienone is 1. The molecule has 0 saturated heterocycles. The average Bonchev–Trinajstić information content (AvgIpc) is 2.00. The van der Waals surface area contributed by atoms with Gasteiger partial charge in [-0.1, -0.05) is 13.8 Å². The quantitative estimate of drug-likeness (QED) is 0.430. The Labute approximate surface area is 96.6 Å². The summed E-state index contributed by atoms with van der Waals surface area (Å²) in [5.41, 5.74) is 0.299. The molecule has 5 heteroatoms. The van der Waals surface area contributed by atoms with Gasteiger partial charge in [0.1, 0.15) is 0 Å². The molecule has 0 rings (SSSR count). The van der Waals surface area contributed by atoms with Gasteiger partial charge < -0.3 is 19.5 Å². The topological polar surface area (TPSA) is 74.6 Å². The van der Waals surface area contributed by atoms with Gasteiger partial charge in [0, 0.05) is 0 Å². The van der Waals surface area contributed by atoms with E-state index in [0.717, 1.165) is 0 Å². The third-order valence-corrected chi connectivity index (χ3v) is 1.37. The highest BCUT2D eigenvalue weighted by molar-refractivity contribution is 5.85.